The second-order valence-corrected chi connectivity index (χ2v) is 4.71. The van der Waals surface area contributed by atoms with Gasteiger partial charge in [0.2, 0.25) is 0 Å². The molecule has 0 aromatic rings. The number of fused-ring (bicyclic) bond motifs is 1. The van der Waals surface area contributed by atoms with E-state index in [0.717, 1.165) is 25.7 Å². The second-order valence-electron chi connectivity index (χ2n) is 4.71. The Morgan fingerprint density at radius 3 is 2.65 bits per heavy atom. The van der Waals surface area contributed by atoms with Crippen molar-refractivity contribution in [3.05, 3.63) is 11.8 Å². The van der Waals surface area contributed by atoms with Gasteiger partial charge in [0.25, 0.3) is 0 Å². The van der Waals surface area contributed by atoms with Gasteiger partial charge in [-0.1, -0.05) is 12.8 Å². The third-order valence-corrected chi connectivity index (χ3v) is 3.89. The van der Waals surface area contributed by atoms with E-state index in [1.165, 1.54) is 20.3 Å². The minimum absolute atomic E-state index is 0.0215. The molecule has 17 heavy (non-hydrogen) atoms. The summed E-state index contributed by atoms with van der Waals surface area (Å²) >= 11 is 0. The average molecular weight is 238 g/mol. The summed E-state index contributed by atoms with van der Waals surface area (Å²) in [6.07, 6.45) is 5.39. The molecule has 0 spiro atoms. The molecule has 0 bridgehead atoms. The third-order valence-electron chi connectivity index (χ3n) is 3.89. The van der Waals surface area contributed by atoms with Gasteiger partial charge in [0.15, 0.2) is 5.78 Å². The molecule has 0 heterocycles. The van der Waals surface area contributed by atoms with Crippen molar-refractivity contribution in [3.8, 4) is 0 Å². The van der Waals surface area contributed by atoms with Gasteiger partial charge < -0.3 is 9.47 Å². The fourth-order valence-electron chi connectivity index (χ4n) is 3.06. The second kappa shape index (κ2) is 4.90. The summed E-state index contributed by atoms with van der Waals surface area (Å²) in [4.78, 5) is 23.8. The highest BCUT2D eigenvalue weighted by atomic mass is 16.5. The number of methoxy groups -OCH3 is 2. The largest absolute Gasteiger partial charge is 0.500 e. The number of hydrogen-bond acceptors (Lipinski definition) is 4. The summed E-state index contributed by atoms with van der Waals surface area (Å²) < 4.78 is 10.0. The van der Waals surface area contributed by atoms with Gasteiger partial charge in [-0.05, 0) is 18.8 Å². The van der Waals surface area contributed by atoms with Crippen molar-refractivity contribution >= 4 is 11.8 Å². The first-order valence-electron chi connectivity index (χ1n) is 6.06. The summed E-state index contributed by atoms with van der Waals surface area (Å²) in [5.74, 6) is -0.0809. The van der Waals surface area contributed by atoms with Crippen molar-refractivity contribution in [2.45, 2.75) is 25.7 Å². The molecule has 2 rings (SSSR count). The van der Waals surface area contributed by atoms with Crippen LogP contribution in [0.5, 0.6) is 0 Å². The molecule has 0 saturated heterocycles. The topological polar surface area (TPSA) is 52.6 Å². The molecule has 94 valence electrons. The number of carbonyl (C=O) groups is 2. The summed E-state index contributed by atoms with van der Waals surface area (Å²) in [5, 5.41) is 0. The zero-order valence-electron chi connectivity index (χ0n) is 10.3. The molecule has 0 radical (unpaired) electrons. The number of allylic oxidation sites excluding steroid dienone is 1. The first-order chi connectivity index (χ1) is 8.19. The predicted molar refractivity (Wildman–Crippen MR) is 61.1 cm³/mol. The number of carbonyl (C=O) groups excluding carboxylic acids is 2. The zero-order valence-corrected chi connectivity index (χ0v) is 10.3. The van der Waals surface area contributed by atoms with Gasteiger partial charge in [-0.25, -0.2) is 0 Å². The van der Waals surface area contributed by atoms with Crippen molar-refractivity contribution < 1.29 is 19.1 Å². The lowest BCUT2D eigenvalue weighted by molar-refractivity contribution is -0.150. The Hall–Kier alpha value is -1.32. The minimum atomic E-state index is -0.395. The minimum Gasteiger partial charge on any atom is -0.500 e. The van der Waals surface area contributed by atoms with Gasteiger partial charge in [-0.3, -0.25) is 9.59 Å². The maximum atomic E-state index is 11.9. The SMILES string of the molecule is COC(=O)[C@@H]1C(OC)=CC(=O)[C@@H]2CCCC[C@H]12. The summed E-state index contributed by atoms with van der Waals surface area (Å²) in [6.45, 7) is 0. The van der Waals surface area contributed by atoms with Crippen molar-refractivity contribution in [2.24, 2.45) is 17.8 Å². The molecule has 3 atom stereocenters. The molecule has 1 saturated carbocycles. The standard InChI is InChI=1S/C13H18O4/c1-16-11-7-10(14)8-5-3-4-6-9(8)12(11)13(15)17-2/h7-9,12H,3-6H2,1-2H3/t8-,9+,12+/m1/s1. The average Bonchev–Trinajstić information content (AvgIpc) is 2.37. The highest BCUT2D eigenvalue weighted by Gasteiger charge is 2.45. The highest BCUT2D eigenvalue weighted by molar-refractivity contribution is 5.95. The van der Waals surface area contributed by atoms with Crippen LogP contribution in [0.2, 0.25) is 0 Å². The van der Waals surface area contributed by atoms with Crippen molar-refractivity contribution in [1.82, 2.24) is 0 Å². The van der Waals surface area contributed by atoms with Crippen LogP contribution in [0.1, 0.15) is 25.7 Å². The molecule has 4 nitrogen and oxygen atoms in total. The van der Waals surface area contributed by atoms with Crippen LogP contribution in [0.25, 0.3) is 0 Å². The Labute approximate surface area is 101 Å². The monoisotopic (exact) mass is 238 g/mol. The summed E-state index contributed by atoms with van der Waals surface area (Å²) in [5.41, 5.74) is 0. The van der Waals surface area contributed by atoms with E-state index in [-0.39, 0.29) is 23.6 Å². The predicted octanol–water partition coefficient (Wildman–Crippen LogP) is 1.69. The molecule has 0 aliphatic heterocycles. The molecular weight excluding hydrogens is 220 g/mol. The van der Waals surface area contributed by atoms with Crippen LogP contribution in [0.3, 0.4) is 0 Å². The number of ketones is 1. The van der Waals surface area contributed by atoms with E-state index in [4.69, 9.17) is 9.47 Å². The quantitative estimate of drug-likeness (QED) is 0.687. The smallest absolute Gasteiger partial charge is 0.316 e. The fraction of sp³-hybridized carbons (Fsp3) is 0.692. The Bertz CT molecular complexity index is 358. The summed E-state index contributed by atoms with van der Waals surface area (Å²) in [7, 11) is 2.88. The molecule has 0 aromatic heterocycles. The van der Waals surface area contributed by atoms with E-state index in [1.807, 2.05) is 0 Å². The third kappa shape index (κ3) is 2.08. The molecular formula is C13H18O4. The molecule has 2 aliphatic rings. The molecule has 0 amide bonds. The number of hydrogen-bond donors (Lipinski definition) is 0. The number of esters is 1. The molecule has 0 N–H and O–H groups in total. The van der Waals surface area contributed by atoms with E-state index >= 15 is 0 Å². The van der Waals surface area contributed by atoms with Crippen LogP contribution in [-0.4, -0.2) is 26.0 Å². The van der Waals surface area contributed by atoms with E-state index < -0.39 is 5.92 Å². The lowest BCUT2D eigenvalue weighted by atomic mass is 9.67. The summed E-state index contributed by atoms with van der Waals surface area (Å²) in [6, 6.07) is 0. The normalized spacial score (nSPS) is 32.5. The van der Waals surface area contributed by atoms with E-state index in [9.17, 15) is 9.59 Å². The van der Waals surface area contributed by atoms with Crippen molar-refractivity contribution in [3.63, 3.8) is 0 Å². The van der Waals surface area contributed by atoms with Gasteiger partial charge >= 0.3 is 5.97 Å². The van der Waals surface area contributed by atoms with Gasteiger partial charge in [0.05, 0.1) is 14.2 Å². The molecule has 0 aromatic carbocycles. The van der Waals surface area contributed by atoms with E-state index in [1.54, 1.807) is 0 Å². The van der Waals surface area contributed by atoms with Gasteiger partial charge in [0, 0.05) is 12.0 Å². The molecule has 0 unspecified atom stereocenters. The van der Waals surface area contributed by atoms with E-state index in [0.29, 0.717) is 5.76 Å². The van der Waals surface area contributed by atoms with Gasteiger partial charge in [-0.15, -0.1) is 0 Å². The first-order valence-corrected chi connectivity index (χ1v) is 6.06. The lowest BCUT2D eigenvalue weighted by Gasteiger charge is -2.38. The molecule has 4 heteroatoms. The Balaban J connectivity index is 2.34. The number of ether oxygens (including phenoxy) is 2. The van der Waals surface area contributed by atoms with Crippen molar-refractivity contribution in [2.75, 3.05) is 14.2 Å². The van der Waals surface area contributed by atoms with Crippen LogP contribution in [0.15, 0.2) is 11.8 Å². The van der Waals surface area contributed by atoms with Gasteiger partial charge in [-0.2, -0.15) is 0 Å². The molecule has 1 fully saturated rings. The van der Waals surface area contributed by atoms with Gasteiger partial charge in [0.1, 0.15) is 11.7 Å². The Morgan fingerprint density at radius 2 is 2.00 bits per heavy atom. The van der Waals surface area contributed by atoms with Crippen LogP contribution in [0.4, 0.5) is 0 Å². The van der Waals surface area contributed by atoms with Crippen LogP contribution in [0, 0.1) is 17.8 Å². The first kappa shape index (κ1) is 12.1. The van der Waals surface area contributed by atoms with Crippen LogP contribution < -0.4 is 0 Å². The maximum absolute atomic E-state index is 11.9. The Kier molecular flexibility index (Phi) is 3.50. The Morgan fingerprint density at radius 1 is 1.29 bits per heavy atom. The molecule has 2 aliphatic carbocycles. The van der Waals surface area contributed by atoms with Crippen LogP contribution in [-0.2, 0) is 19.1 Å². The lowest BCUT2D eigenvalue weighted by Crippen LogP contribution is -2.41. The van der Waals surface area contributed by atoms with E-state index in [2.05, 4.69) is 0 Å². The fourth-order valence-corrected chi connectivity index (χ4v) is 3.06. The van der Waals surface area contributed by atoms with Crippen LogP contribution >= 0.6 is 0 Å². The maximum Gasteiger partial charge on any atom is 0.316 e. The van der Waals surface area contributed by atoms with Crippen molar-refractivity contribution in [1.29, 1.82) is 0 Å². The highest BCUT2D eigenvalue weighted by Crippen LogP contribution is 2.42. The zero-order chi connectivity index (χ0) is 12.4. The number of rotatable bonds is 2.